The number of halogens is 1. The van der Waals surface area contributed by atoms with Crippen LogP contribution in [-0.2, 0) is 0 Å². The molecule has 4 fully saturated rings. The Morgan fingerprint density at radius 1 is 0.926 bits per heavy atom. The summed E-state index contributed by atoms with van der Waals surface area (Å²) >= 11 is 0. The van der Waals surface area contributed by atoms with Crippen molar-refractivity contribution in [3.05, 3.63) is 59.4 Å². The summed E-state index contributed by atoms with van der Waals surface area (Å²) in [7, 11) is 0. The van der Waals surface area contributed by atoms with Crippen LogP contribution < -0.4 is 10.5 Å². The van der Waals surface area contributed by atoms with Crippen molar-refractivity contribution in [1.29, 1.82) is 0 Å². The molecule has 4 bridgehead atoms. The third kappa shape index (κ3) is 3.01. The summed E-state index contributed by atoms with van der Waals surface area (Å²) < 4.78 is 19.8. The van der Waals surface area contributed by atoms with Crippen LogP contribution in [0.2, 0.25) is 0 Å². The molecule has 0 spiro atoms. The quantitative estimate of drug-likeness (QED) is 0.804. The molecule has 4 aliphatic rings. The fraction of sp³-hybridized carbons (Fsp3) is 0.435. The van der Waals surface area contributed by atoms with E-state index in [9.17, 15) is 9.18 Å². The van der Waals surface area contributed by atoms with E-state index in [1.165, 1.54) is 49.8 Å². The monoisotopic (exact) mass is 365 g/mol. The Labute approximate surface area is 158 Å². The fourth-order valence-electron chi connectivity index (χ4n) is 6.09. The van der Waals surface area contributed by atoms with Crippen molar-refractivity contribution >= 4 is 5.91 Å². The summed E-state index contributed by atoms with van der Waals surface area (Å²) in [6.45, 7) is 0. The number of primary amides is 1. The van der Waals surface area contributed by atoms with E-state index < -0.39 is 11.7 Å². The van der Waals surface area contributed by atoms with Crippen LogP contribution in [0.25, 0.3) is 0 Å². The van der Waals surface area contributed by atoms with Gasteiger partial charge in [-0.05, 0) is 97.6 Å². The summed E-state index contributed by atoms with van der Waals surface area (Å²) in [6.07, 6.45) is 7.05. The molecule has 0 unspecified atom stereocenters. The van der Waals surface area contributed by atoms with E-state index in [0.29, 0.717) is 11.7 Å². The lowest BCUT2D eigenvalue weighted by atomic mass is 9.51. The van der Waals surface area contributed by atoms with E-state index in [2.05, 4.69) is 12.1 Å². The molecule has 4 aliphatic carbocycles. The Kier molecular flexibility index (Phi) is 3.96. The molecule has 140 valence electrons. The summed E-state index contributed by atoms with van der Waals surface area (Å²) in [5, 5.41) is 0. The van der Waals surface area contributed by atoms with Crippen LogP contribution in [0.15, 0.2) is 42.5 Å². The minimum Gasteiger partial charge on any atom is -0.454 e. The van der Waals surface area contributed by atoms with Gasteiger partial charge in [0.25, 0.3) is 0 Å². The Bertz CT molecular complexity index is 848. The zero-order chi connectivity index (χ0) is 18.5. The zero-order valence-corrected chi connectivity index (χ0v) is 15.2. The van der Waals surface area contributed by atoms with Crippen molar-refractivity contribution in [3.63, 3.8) is 0 Å². The molecule has 2 aromatic carbocycles. The first kappa shape index (κ1) is 16.8. The van der Waals surface area contributed by atoms with Crippen molar-refractivity contribution in [3.8, 4) is 11.5 Å². The lowest BCUT2D eigenvalue weighted by Crippen LogP contribution is -2.43. The average molecular weight is 365 g/mol. The lowest BCUT2D eigenvalue weighted by Gasteiger charge is -2.54. The van der Waals surface area contributed by atoms with Crippen molar-refractivity contribution in [2.75, 3.05) is 0 Å². The predicted octanol–water partition coefficient (Wildman–Crippen LogP) is 5.26. The standard InChI is InChI=1S/C23H24FNO2/c24-20-12-16(23(25)26)3-6-21(20)27-19-4-1-15(2-5-19)22-17-8-13-7-14(10-17)11-18(22)9-13/h1-6,12-14,17-18,22H,7-11H2,(H2,25,26)/t13-,14+,17-,18+,22?. The number of amides is 1. The Morgan fingerprint density at radius 2 is 1.56 bits per heavy atom. The summed E-state index contributed by atoms with van der Waals surface area (Å²) in [4.78, 5) is 11.1. The highest BCUT2D eigenvalue weighted by molar-refractivity contribution is 5.92. The SMILES string of the molecule is NC(=O)c1ccc(Oc2ccc(C3[C@H]4C[C@@H]5C[C@@H](C[C@H]3C5)C4)cc2)c(F)c1. The van der Waals surface area contributed by atoms with Crippen LogP contribution in [0.4, 0.5) is 4.39 Å². The second-order valence-electron chi connectivity index (χ2n) is 8.64. The molecule has 4 heteroatoms. The fourth-order valence-corrected chi connectivity index (χ4v) is 6.09. The van der Waals surface area contributed by atoms with Gasteiger partial charge in [0.1, 0.15) is 5.75 Å². The molecule has 0 aromatic heterocycles. The maximum Gasteiger partial charge on any atom is 0.248 e. The van der Waals surface area contributed by atoms with Crippen molar-refractivity contribution in [1.82, 2.24) is 0 Å². The molecule has 2 aromatic rings. The Morgan fingerprint density at radius 3 is 2.11 bits per heavy atom. The van der Waals surface area contributed by atoms with Crippen LogP contribution in [0.3, 0.4) is 0 Å². The highest BCUT2D eigenvalue weighted by Gasteiger charge is 2.48. The molecule has 0 aliphatic heterocycles. The third-order valence-corrected chi connectivity index (χ3v) is 6.94. The van der Waals surface area contributed by atoms with Gasteiger partial charge in [0.05, 0.1) is 0 Å². The minimum atomic E-state index is -0.652. The van der Waals surface area contributed by atoms with Gasteiger partial charge in [-0.2, -0.15) is 0 Å². The van der Waals surface area contributed by atoms with Gasteiger partial charge in [0, 0.05) is 5.56 Å². The van der Waals surface area contributed by atoms with Crippen molar-refractivity contribution in [2.45, 2.75) is 38.0 Å². The van der Waals surface area contributed by atoms with Crippen LogP contribution in [-0.4, -0.2) is 5.91 Å². The van der Waals surface area contributed by atoms with Gasteiger partial charge in [-0.25, -0.2) is 4.39 Å². The molecular formula is C23H24FNO2. The third-order valence-electron chi connectivity index (χ3n) is 6.94. The molecule has 3 nitrogen and oxygen atoms in total. The largest absolute Gasteiger partial charge is 0.454 e. The molecular weight excluding hydrogens is 341 g/mol. The summed E-state index contributed by atoms with van der Waals surface area (Å²) in [5.41, 5.74) is 6.72. The van der Waals surface area contributed by atoms with Crippen LogP contribution in [0.1, 0.15) is 53.9 Å². The topological polar surface area (TPSA) is 52.3 Å². The first-order valence-corrected chi connectivity index (χ1v) is 9.94. The molecule has 6 rings (SSSR count). The maximum atomic E-state index is 14.1. The lowest BCUT2D eigenvalue weighted by molar-refractivity contribution is -0.00279. The number of hydrogen-bond acceptors (Lipinski definition) is 2. The first-order valence-electron chi connectivity index (χ1n) is 9.94. The molecule has 27 heavy (non-hydrogen) atoms. The van der Waals surface area contributed by atoms with Gasteiger partial charge in [-0.3, -0.25) is 4.79 Å². The van der Waals surface area contributed by atoms with Gasteiger partial charge in [0.15, 0.2) is 11.6 Å². The molecule has 4 saturated carbocycles. The van der Waals surface area contributed by atoms with E-state index in [-0.39, 0.29) is 11.3 Å². The van der Waals surface area contributed by atoms with E-state index in [0.717, 1.165) is 29.7 Å². The Balaban J connectivity index is 1.33. The molecule has 0 heterocycles. The van der Waals surface area contributed by atoms with Gasteiger partial charge in [0.2, 0.25) is 5.91 Å². The van der Waals surface area contributed by atoms with Crippen LogP contribution in [0, 0.1) is 29.5 Å². The van der Waals surface area contributed by atoms with Gasteiger partial charge >= 0.3 is 0 Å². The molecule has 0 saturated heterocycles. The smallest absolute Gasteiger partial charge is 0.248 e. The second kappa shape index (κ2) is 6.36. The maximum absolute atomic E-state index is 14.1. The van der Waals surface area contributed by atoms with Gasteiger partial charge < -0.3 is 10.5 Å². The van der Waals surface area contributed by atoms with Crippen LogP contribution in [0.5, 0.6) is 11.5 Å². The molecule has 0 atom stereocenters. The summed E-state index contributed by atoms with van der Waals surface area (Å²) in [5.74, 6) is 3.76. The van der Waals surface area contributed by atoms with Crippen molar-refractivity contribution < 1.29 is 13.9 Å². The number of rotatable bonds is 4. The summed E-state index contributed by atoms with van der Waals surface area (Å²) in [6, 6.07) is 12.2. The van der Waals surface area contributed by atoms with E-state index in [1.54, 1.807) is 0 Å². The first-order chi connectivity index (χ1) is 13.1. The normalized spacial score (nSPS) is 31.1. The number of carbonyl (C=O) groups excluding carboxylic acids is 1. The number of ether oxygens (including phenoxy) is 1. The number of benzene rings is 2. The molecule has 0 radical (unpaired) electrons. The molecule has 2 N–H and O–H groups in total. The highest BCUT2D eigenvalue weighted by Crippen LogP contribution is 2.59. The predicted molar refractivity (Wildman–Crippen MR) is 101 cm³/mol. The average Bonchev–Trinajstić information content (AvgIpc) is 2.63. The van der Waals surface area contributed by atoms with Gasteiger partial charge in [-0.15, -0.1) is 0 Å². The van der Waals surface area contributed by atoms with E-state index in [4.69, 9.17) is 10.5 Å². The minimum absolute atomic E-state index is 0.0994. The van der Waals surface area contributed by atoms with Gasteiger partial charge in [-0.1, -0.05) is 12.1 Å². The van der Waals surface area contributed by atoms with E-state index in [1.807, 2.05) is 12.1 Å². The number of carbonyl (C=O) groups is 1. The highest BCUT2D eigenvalue weighted by atomic mass is 19.1. The van der Waals surface area contributed by atoms with Crippen molar-refractivity contribution in [2.24, 2.45) is 29.4 Å². The van der Waals surface area contributed by atoms with Crippen LogP contribution >= 0.6 is 0 Å². The Hall–Kier alpha value is -2.36. The molecule has 1 amide bonds. The number of hydrogen-bond donors (Lipinski definition) is 1. The van der Waals surface area contributed by atoms with E-state index >= 15 is 0 Å². The zero-order valence-electron chi connectivity index (χ0n) is 15.2. The number of nitrogens with two attached hydrogens (primary N) is 1. The second-order valence-corrected chi connectivity index (χ2v) is 8.64.